The van der Waals surface area contributed by atoms with Crippen LogP contribution in [-0.2, 0) is 15.7 Å². The molecule has 0 spiro atoms. The van der Waals surface area contributed by atoms with Gasteiger partial charge in [-0.15, -0.1) is 6.58 Å². The van der Waals surface area contributed by atoms with Gasteiger partial charge in [-0.2, -0.15) is 0 Å². The van der Waals surface area contributed by atoms with E-state index in [0.717, 1.165) is 5.56 Å². The number of halogens is 2. The van der Waals surface area contributed by atoms with Crippen LogP contribution in [0.3, 0.4) is 0 Å². The van der Waals surface area contributed by atoms with E-state index in [4.69, 9.17) is 23.2 Å². The second-order valence-electron chi connectivity index (χ2n) is 4.90. The third-order valence-corrected chi connectivity index (χ3v) is 4.02. The molecular formula is C18H17Cl2NO. The van der Waals surface area contributed by atoms with Crippen molar-refractivity contribution in [3.63, 3.8) is 0 Å². The van der Waals surface area contributed by atoms with Gasteiger partial charge in [-0.25, -0.2) is 0 Å². The fourth-order valence-electron chi connectivity index (χ4n) is 2.15. The molecule has 2 nitrogen and oxygen atoms in total. The zero-order valence-corrected chi connectivity index (χ0v) is 13.6. The number of hydrogen-bond acceptors (Lipinski definition) is 1. The summed E-state index contributed by atoms with van der Waals surface area (Å²) in [5, 5.41) is 0. The number of amides is 1. The lowest BCUT2D eigenvalue weighted by Crippen LogP contribution is -2.40. The van der Waals surface area contributed by atoms with Gasteiger partial charge in [0.05, 0.1) is 0 Å². The Morgan fingerprint density at radius 1 is 1.05 bits per heavy atom. The van der Waals surface area contributed by atoms with Gasteiger partial charge in [0.25, 0.3) is 5.91 Å². The molecule has 2 rings (SSSR count). The van der Waals surface area contributed by atoms with Crippen molar-refractivity contribution >= 4 is 29.1 Å². The van der Waals surface area contributed by atoms with Gasteiger partial charge in [0.2, 0.25) is 4.33 Å². The average molecular weight is 334 g/mol. The van der Waals surface area contributed by atoms with Gasteiger partial charge in [0, 0.05) is 13.1 Å². The van der Waals surface area contributed by atoms with Crippen molar-refractivity contribution in [2.24, 2.45) is 0 Å². The van der Waals surface area contributed by atoms with Crippen molar-refractivity contribution in [1.82, 2.24) is 4.90 Å². The molecule has 2 aromatic carbocycles. The van der Waals surface area contributed by atoms with E-state index < -0.39 is 4.33 Å². The molecule has 0 saturated carbocycles. The minimum Gasteiger partial charge on any atom is -0.332 e. The van der Waals surface area contributed by atoms with Gasteiger partial charge in [-0.05, 0) is 11.1 Å². The van der Waals surface area contributed by atoms with E-state index in [-0.39, 0.29) is 5.91 Å². The summed E-state index contributed by atoms with van der Waals surface area (Å²) in [6.07, 6.45) is 1.66. The summed E-state index contributed by atoms with van der Waals surface area (Å²) in [6.45, 7) is 4.51. The molecule has 0 aromatic heterocycles. The van der Waals surface area contributed by atoms with Crippen LogP contribution in [0.1, 0.15) is 11.1 Å². The van der Waals surface area contributed by atoms with Crippen molar-refractivity contribution in [2.45, 2.75) is 10.9 Å². The molecule has 0 fully saturated rings. The predicted octanol–water partition coefficient (Wildman–Crippen LogP) is 4.53. The maximum Gasteiger partial charge on any atom is 0.264 e. The average Bonchev–Trinajstić information content (AvgIpc) is 2.55. The Kier molecular flexibility index (Phi) is 5.64. The van der Waals surface area contributed by atoms with Crippen molar-refractivity contribution in [1.29, 1.82) is 0 Å². The summed E-state index contributed by atoms with van der Waals surface area (Å²) in [4.78, 5) is 14.4. The maximum absolute atomic E-state index is 12.8. The monoisotopic (exact) mass is 333 g/mol. The normalized spacial score (nSPS) is 11.0. The fraction of sp³-hybridized carbons (Fsp3) is 0.167. The summed E-state index contributed by atoms with van der Waals surface area (Å²) < 4.78 is -1.61. The lowest BCUT2D eigenvalue weighted by atomic mass is 10.1. The van der Waals surface area contributed by atoms with Crippen molar-refractivity contribution in [2.75, 3.05) is 6.54 Å². The Morgan fingerprint density at radius 2 is 1.59 bits per heavy atom. The number of alkyl halides is 2. The minimum absolute atomic E-state index is 0.356. The second kappa shape index (κ2) is 7.48. The highest BCUT2D eigenvalue weighted by atomic mass is 35.5. The number of nitrogens with zero attached hydrogens (tertiary/aromatic N) is 1. The Morgan fingerprint density at radius 3 is 2.14 bits per heavy atom. The van der Waals surface area contributed by atoms with E-state index in [2.05, 4.69) is 6.58 Å². The van der Waals surface area contributed by atoms with Gasteiger partial charge in [0.15, 0.2) is 0 Å². The molecule has 0 aliphatic heterocycles. The Balaban J connectivity index is 2.24. The third kappa shape index (κ3) is 3.90. The third-order valence-electron chi connectivity index (χ3n) is 3.26. The fourth-order valence-corrected chi connectivity index (χ4v) is 2.64. The first-order chi connectivity index (χ1) is 10.6. The minimum atomic E-state index is -1.61. The highest BCUT2D eigenvalue weighted by Gasteiger charge is 2.38. The molecule has 0 heterocycles. The molecule has 0 N–H and O–H groups in total. The summed E-state index contributed by atoms with van der Waals surface area (Å²) in [5.74, 6) is -0.356. The first-order valence-corrected chi connectivity index (χ1v) is 7.69. The number of benzene rings is 2. The first-order valence-electron chi connectivity index (χ1n) is 6.93. The smallest absolute Gasteiger partial charge is 0.264 e. The van der Waals surface area contributed by atoms with E-state index in [9.17, 15) is 4.79 Å². The lowest BCUT2D eigenvalue weighted by molar-refractivity contribution is -0.132. The van der Waals surface area contributed by atoms with Crippen molar-refractivity contribution in [3.8, 4) is 0 Å². The zero-order chi connectivity index (χ0) is 16.0. The largest absolute Gasteiger partial charge is 0.332 e. The number of carbonyl (C=O) groups is 1. The molecule has 2 aromatic rings. The topological polar surface area (TPSA) is 20.3 Å². The quantitative estimate of drug-likeness (QED) is 0.561. The molecule has 0 unspecified atom stereocenters. The Hall–Kier alpha value is -1.77. The molecule has 0 atom stereocenters. The van der Waals surface area contributed by atoms with Crippen molar-refractivity contribution < 1.29 is 4.79 Å². The Labute approximate surface area is 141 Å². The molecule has 1 amide bonds. The molecular weight excluding hydrogens is 317 g/mol. The molecule has 0 saturated heterocycles. The highest BCUT2D eigenvalue weighted by Crippen LogP contribution is 2.36. The van der Waals surface area contributed by atoms with Crippen LogP contribution in [0.15, 0.2) is 73.3 Å². The SMILES string of the molecule is C=CCN(Cc1ccccc1)C(=O)C(Cl)(Cl)c1ccccc1. The van der Waals surface area contributed by atoms with Gasteiger partial charge < -0.3 is 4.90 Å². The van der Waals surface area contributed by atoms with E-state index in [0.29, 0.717) is 18.7 Å². The number of carbonyl (C=O) groups excluding carboxylic acids is 1. The van der Waals surface area contributed by atoms with Crippen LogP contribution in [-0.4, -0.2) is 17.4 Å². The van der Waals surface area contributed by atoms with Crippen LogP contribution < -0.4 is 0 Å². The summed E-state index contributed by atoms with van der Waals surface area (Å²) in [6, 6.07) is 18.6. The Bertz CT molecular complexity index is 626. The van der Waals surface area contributed by atoms with Crippen LogP contribution in [0.2, 0.25) is 0 Å². The van der Waals surface area contributed by atoms with Gasteiger partial charge in [-0.3, -0.25) is 4.79 Å². The first kappa shape index (κ1) is 16.6. The molecule has 0 bridgehead atoms. The molecule has 22 heavy (non-hydrogen) atoms. The van der Waals surface area contributed by atoms with Crippen LogP contribution in [0.5, 0.6) is 0 Å². The van der Waals surface area contributed by atoms with E-state index in [1.807, 2.05) is 36.4 Å². The summed E-state index contributed by atoms with van der Waals surface area (Å²) >= 11 is 12.7. The zero-order valence-electron chi connectivity index (χ0n) is 12.1. The molecule has 0 radical (unpaired) electrons. The van der Waals surface area contributed by atoms with Crippen molar-refractivity contribution in [3.05, 3.63) is 84.4 Å². The number of rotatable bonds is 6. The molecule has 0 aliphatic carbocycles. The second-order valence-corrected chi connectivity index (χ2v) is 6.23. The van der Waals surface area contributed by atoms with Crippen LogP contribution in [0.4, 0.5) is 0 Å². The molecule has 4 heteroatoms. The summed E-state index contributed by atoms with van der Waals surface area (Å²) in [7, 11) is 0. The van der Waals surface area contributed by atoms with Crippen LogP contribution in [0.25, 0.3) is 0 Å². The van der Waals surface area contributed by atoms with Gasteiger partial charge in [-0.1, -0.05) is 89.9 Å². The van der Waals surface area contributed by atoms with Gasteiger partial charge >= 0.3 is 0 Å². The number of hydrogen-bond donors (Lipinski definition) is 0. The highest BCUT2D eigenvalue weighted by molar-refractivity contribution is 6.57. The summed E-state index contributed by atoms with van der Waals surface area (Å²) in [5.41, 5.74) is 1.57. The van der Waals surface area contributed by atoms with Gasteiger partial charge in [0.1, 0.15) is 0 Å². The standard InChI is InChI=1S/C18H17Cl2NO/c1-2-13-21(14-15-9-5-3-6-10-15)17(22)18(19,20)16-11-7-4-8-12-16/h2-12H,1,13-14H2. The maximum atomic E-state index is 12.8. The lowest BCUT2D eigenvalue weighted by Gasteiger charge is -2.28. The van der Waals surface area contributed by atoms with E-state index in [1.165, 1.54) is 0 Å². The molecule has 114 valence electrons. The van der Waals surface area contributed by atoms with E-state index in [1.54, 1.807) is 35.2 Å². The van der Waals surface area contributed by atoms with Crippen LogP contribution >= 0.6 is 23.2 Å². The molecule has 0 aliphatic rings. The van der Waals surface area contributed by atoms with E-state index >= 15 is 0 Å². The predicted molar refractivity (Wildman–Crippen MR) is 91.9 cm³/mol. The van der Waals surface area contributed by atoms with Crippen LogP contribution in [0, 0.1) is 0 Å².